The second kappa shape index (κ2) is 10.1. The van der Waals surface area contributed by atoms with Gasteiger partial charge in [-0.1, -0.05) is 49.4 Å². The molecule has 144 valence electrons. The maximum atomic E-state index is 12.5. The van der Waals surface area contributed by atoms with E-state index in [0.717, 1.165) is 44.8 Å². The number of carbonyl (C=O) groups is 1. The van der Waals surface area contributed by atoms with Crippen LogP contribution in [0.5, 0.6) is 5.75 Å². The number of nitrogens with one attached hydrogen (secondary N) is 1. The van der Waals surface area contributed by atoms with Gasteiger partial charge in [0.1, 0.15) is 5.75 Å². The lowest BCUT2D eigenvalue weighted by Gasteiger charge is -2.31. The van der Waals surface area contributed by atoms with E-state index in [-0.39, 0.29) is 18.6 Å². The molecule has 27 heavy (non-hydrogen) atoms. The van der Waals surface area contributed by atoms with Gasteiger partial charge in [-0.25, -0.2) is 0 Å². The highest BCUT2D eigenvalue weighted by Crippen LogP contribution is 2.16. The summed E-state index contributed by atoms with van der Waals surface area (Å²) in [5, 5.41) is 3.13. The fourth-order valence-electron chi connectivity index (χ4n) is 3.17. The van der Waals surface area contributed by atoms with Gasteiger partial charge in [-0.2, -0.15) is 0 Å². The van der Waals surface area contributed by atoms with Gasteiger partial charge in [0.25, 0.3) is 5.91 Å². The summed E-state index contributed by atoms with van der Waals surface area (Å²) < 4.78 is 11.1. The van der Waals surface area contributed by atoms with Crippen LogP contribution in [0.4, 0.5) is 0 Å². The summed E-state index contributed by atoms with van der Waals surface area (Å²) in [6.45, 7) is 6.15. The van der Waals surface area contributed by atoms with E-state index in [4.69, 9.17) is 9.47 Å². The first-order valence-corrected chi connectivity index (χ1v) is 9.60. The van der Waals surface area contributed by atoms with Gasteiger partial charge in [0.05, 0.1) is 19.3 Å². The van der Waals surface area contributed by atoms with Gasteiger partial charge in [0.2, 0.25) is 0 Å². The SMILES string of the molecule is CCc1ccc(OCC(=O)N[C@H](CN2CCOCC2)c2ccccc2)cc1. The molecule has 0 unspecified atom stereocenters. The van der Waals surface area contributed by atoms with E-state index in [1.54, 1.807) is 0 Å². The van der Waals surface area contributed by atoms with Crippen LogP contribution in [-0.4, -0.2) is 50.3 Å². The van der Waals surface area contributed by atoms with Crippen molar-refractivity contribution in [3.05, 3.63) is 65.7 Å². The van der Waals surface area contributed by atoms with Gasteiger partial charge in [0.15, 0.2) is 6.61 Å². The Kier molecular flexibility index (Phi) is 7.25. The summed E-state index contributed by atoms with van der Waals surface area (Å²) in [6.07, 6.45) is 0.987. The molecule has 2 aromatic carbocycles. The number of benzene rings is 2. The molecule has 5 heteroatoms. The van der Waals surface area contributed by atoms with E-state index in [1.165, 1.54) is 5.56 Å². The van der Waals surface area contributed by atoms with Crippen molar-refractivity contribution in [3.8, 4) is 5.75 Å². The minimum Gasteiger partial charge on any atom is -0.484 e. The molecule has 1 aliphatic rings. The lowest BCUT2D eigenvalue weighted by molar-refractivity contribution is -0.124. The molecule has 0 aliphatic carbocycles. The van der Waals surface area contributed by atoms with Crippen molar-refractivity contribution in [3.63, 3.8) is 0 Å². The zero-order chi connectivity index (χ0) is 18.9. The van der Waals surface area contributed by atoms with Crippen molar-refractivity contribution in [1.29, 1.82) is 0 Å². The predicted molar refractivity (Wildman–Crippen MR) is 106 cm³/mol. The van der Waals surface area contributed by atoms with E-state index in [1.807, 2.05) is 42.5 Å². The second-order valence-corrected chi connectivity index (χ2v) is 6.73. The Morgan fingerprint density at radius 2 is 1.81 bits per heavy atom. The normalized spacial score (nSPS) is 15.9. The molecule has 5 nitrogen and oxygen atoms in total. The molecule has 1 saturated heterocycles. The van der Waals surface area contributed by atoms with Crippen LogP contribution in [0.25, 0.3) is 0 Å². The fraction of sp³-hybridized carbons (Fsp3) is 0.409. The number of ether oxygens (including phenoxy) is 2. The Bertz CT molecular complexity index is 697. The van der Waals surface area contributed by atoms with Gasteiger partial charge >= 0.3 is 0 Å². The molecule has 2 aromatic rings. The zero-order valence-electron chi connectivity index (χ0n) is 15.9. The molecular formula is C22H28N2O3. The van der Waals surface area contributed by atoms with E-state index in [9.17, 15) is 4.79 Å². The quantitative estimate of drug-likeness (QED) is 0.778. The Hall–Kier alpha value is -2.37. The minimum absolute atomic E-state index is 0.0118. The number of rotatable bonds is 8. The van der Waals surface area contributed by atoms with Crippen LogP contribution in [0, 0.1) is 0 Å². The summed E-state index contributed by atoms with van der Waals surface area (Å²) >= 11 is 0. The average molecular weight is 368 g/mol. The highest BCUT2D eigenvalue weighted by atomic mass is 16.5. The van der Waals surface area contributed by atoms with Crippen LogP contribution >= 0.6 is 0 Å². The smallest absolute Gasteiger partial charge is 0.258 e. The molecule has 0 aromatic heterocycles. The first-order chi connectivity index (χ1) is 13.2. The molecule has 0 saturated carbocycles. The molecule has 1 aliphatic heterocycles. The molecule has 1 atom stereocenters. The van der Waals surface area contributed by atoms with E-state index in [2.05, 4.69) is 29.3 Å². The third-order valence-corrected chi connectivity index (χ3v) is 4.78. The molecule has 1 N–H and O–H groups in total. The Balaban J connectivity index is 1.57. The fourth-order valence-corrected chi connectivity index (χ4v) is 3.17. The Morgan fingerprint density at radius 3 is 2.48 bits per heavy atom. The van der Waals surface area contributed by atoms with Crippen LogP contribution in [-0.2, 0) is 16.0 Å². The van der Waals surface area contributed by atoms with Crippen LogP contribution in [0.2, 0.25) is 0 Å². The molecule has 3 rings (SSSR count). The van der Waals surface area contributed by atoms with Crippen molar-refractivity contribution in [2.75, 3.05) is 39.5 Å². The Labute approximate surface area is 161 Å². The molecule has 0 bridgehead atoms. The maximum absolute atomic E-state index is 12.5. The maximum Gasteiger partial charge on any atom is 0.258 e. The van der Waals surface area contributed by atoms with Gasteiger partial charge in [0, 0.05) is 19.6 Å². The summed E-state index contributed by atoms with van der Waals surface area (Å²) in [5.41, 5.74) is 2.35. The van der Waals surface area contributed by atoms with Crippen LogP contribution in [0.15, 0.2) is 54.6 Å². The first-order valence-electron chi connectivity index (χ1n) is 9.60. The van der Waals surface area contributed by atoms with Crippen molar-refractivity contribution in [1.82, 2.24) is 10.2 Å². The summed E-state index contributed by atoms with van der Waals surface area (Å²) in [4.78, 5) is 14.8. The third kappa shape index (κ3) is 6.08. The molecule has 0 radical (unpaired) electrons. The lowest BCUT2D eigenvalue weighted by Crippen LogP contribution is -2.44. The number of hydrogen-bond donors (Lipinski definition) is 1. The van der Waals surface area contributed by atoms with Gasteiger partial charge in [-0.05, 0) is 29.7 Å². The topological polar surface area (TPSA) is 50.8 Å². The predicted octanol–water partition coefficient (Wildman–Crippen LogP) is 2.82. The summed E-state index contributed by atoms with van der Waals surface area (Å²) in [6, 6.07) is 17.9. The van der Waals surface area contributed by atoms with Crippen molar-refractivity contribution in [2.45, 2.75) is 19.4 Å². The van der Waals surface area contributed by atoms with Crippen LogP contribution < -0.4 is 10.1 Å². The highest BCUT2D eigenvalue weighted by Gasteiger charge is 2.20. The molecule has 1 heterocycles. The van der Waals surface area contributed by atoms with Crippen molar-refractivity contribution >= 4 is 5.91 Å². The van der Waals surface area contributed by atoms with Crippen molar-refractivity contribution in [2.24, 2.45) is 0 Å². The van der Waals surface area contributed by atoms with E-state index in [0.29, 0.717) is 5.75 Å². The number of nitrogens with zero attached hydrogens (tertiary/aromatic N) is 1. The highest BCUT2D eigenvalue weighted by molar-refractivity contribution is 5.78. The second-order valence-electron chi connectivity index (χ2n) is 6.73. The van der Waals surface area contributed by atoms with E-state index < -0.39 is 0 Å². The molecule has 1 fully saturated rings. The standard InChI is InChI=1S/C22H28N2O3/c1-2-18-8-10-20(11-9-18)27-17-22(25)23-21(19-6-4-3-5-7-19)16-24-12-14-26-15-13-24/h3-11,21H,2,12-17H2,1H3,(H,23,25)/t21-/m1/s1. The van der Waals surface area contributed by atoms with E-state index >= 15 is 0 Å². The van der Waals surface area contributed by atoms with Gasteiger partial charge in [-0.15, -0.1) is 0 Å². The largest absolute Gasteiger partial charge is 0.484 e. The summed E-state index contributed by atoms with van der Waals surface area (Å²) in [5.74, 6) is 0.600. The Morgan fingerprint density at radius 1 is 1.11 bits per heavy atom. The van der Waals surface area contributed by atoms with Gasteiger partial charge < -0.3 is 14.8 Å². The number of aryl methyl sites for hydroxylation is 1. The minimum atomic E-state index is -0.114. The third-order valence-electron chi connectivity index (χ3n) is 4.78. The van der Waals surface area contributed by atoms with Gasteiger partial charge in [-0.3, -0.25) is 9.69 Å². The number of hydrogen-bond acceptors (Lipinski definition) is 4. The lowest BCUT2D eigenvalue weighted by atomic mass is 10.1. The van der Waals surface area contributed by atoms with Crippen LogP contribution in [0.1, 0.15) is 24.1 Å². The van der Waals surface area contributed by atoms with Crippen LogP contribution in [0.3, 0.4) is 0 Å². The van der Waals surface area contributed by atoms with Crippen molar-refractivity contribution < 1.29 is 14.3 Å². The molecular weight excluding hydrogens is 340 g/mol. The monoisotopic (exact) mass is 368 g/mol. The summed E-state index contributed by atoms with van der Waals surface area (Å²) in [7, 11) is 0. The first kappa shape index (κ1) is 19.4. The number of morpholine rings is 1. The molecule has 1 amide bonds. The number of amides is 1. The molecule has 0 spiro atoms. The average Bonchev–Trinajstić information content (AvgIpc) is 2.73. The zero-order valence-corrected chi connectivity index (χ0v) is 15.9. The number of carbonyl (C=O) groups excluding carboxylic acids is 1.